The van der Waals surface area contributed by atoms with Crippen molar-refractivity contribution in [1.29, 1.82) is 0 Å². The van der Waals surface area contributed by atoms with Crippen LogP contribution in [0.2, 0.25) is 0 Å². The highest BCUT2D eigenvalue weighted by molar-refractivity contribution is 5.58. The Hall–Kier alpha value is -2.34. The zero-order valence-electron chi connectivity index (χ0n) is 25.8. The molecule has 0 radical (unpaired) electrons. The lowest BCUT2D eigenvalue weighted by atomic mass is 9.79. The highest BCUT2D eigenvalue weighted by atomic mass is 14.3. The van der Waals surface area contributed by atoms with Crippen molar-refractivity contribution in [2.75, 3.05) is 0 Å². The van der Waals surface area contributed by atoms with Gasteiger partial charge in [-0.25, -0.2) is 0 Å². The first kappa shape index (κ1) is 28.2. The van der Waals surface area contributed by atoms with Gasteiger partial charge in [-0.05, 0) is 209 Å². The molecule has 0 aromatic heterocycles. The molecule has 3 aromatic rings. The molecule has 0 atom stereocenters. The van der Waals surface area contributed by atoms with Gasteiger partial charge in [0.05, 0.1) is 0 Å². The first-order chi connectivity index (χ1) is 16.8. The monoisotopic (exact) mass is 482 g/mol. The van der Waals surface area contributed by atoms with Crippen LogP contribution in [0.15, 0.2) is 0 Å². The largest absolute Gasteiger partial charge is 0.0613 e. The minimum Gasteiger partial charge on any atom is -0.0613 e. The molecule has 194 valence electrons. The van der Waals surface area contributed by atoms with Crippen LogP contribution in [0.5, 0.6) is 0 Å². The molecule has 36 heavy (non-hydrogen) atoms. The summed E-state index contributed by atoms with van der Waals surface area (Å²) < 4.78 is 0. The Labute approximate surface area is 222 Å². The fraction of sp³-hybridized carbons (Fsp3) is 0.500. The van der Waals surface area contributed by atoms with E-state index in [4.69, 9.17) is 0 Å². The van der Waals surface area contributed by atoms with Gasteiger partial charge in [-0.3, -0.25) is 0 Å². The zero-order chi connectivity index (χ0) is 27.2. The normalized spacial score (nSPS) is 11.5. The van der Waals surface area contributed by atoms with E-state index in [2.05, 4.69) is 96.9 Å². The SMILES string of the molecule is CCc1c(C)c(C)c(Cc2c(C)c(C)c(Cc3c(C)c(C)c(CC)c(C)c3C)c(C)c2C)c(C)c1C. The summed E-state index contributed by atoms with van der Waals surface area (Å²) in [6.07, 6.45) is 4.29. The number of benzene rings is 3. The van der Waals surface area contributed by atoms with E-state index in [9.17, 15) is 0 Å². The van der Waals surface area contributed by atoms with Crippen LogP contribution in [0.25, 0.3) is 0 Å². The van der Waals surface area contributed by atoms with Crippen LogP contribution in [-0.4, -0.2) is 0 Å². The Morgan fingerprint density at radius 3 is 0.528 bits per heavy atom. The van der Waals surface area contributed by atoms with Gasteiger partial charge in [-0.1, -0.05) is 13.8 Å². The van der Waals surface area contributed by atoms with Crippen LogP contribution in [0.3, 0.4) is 0 Å². The molecule has 3 aromatic carbocycles. The van der Waals surface area contributed by atoms with Gasteiger partial charge in [0.25, 0.3) is 0 Å². The number of hydrogen-bond donors (Lipinski definition) is 0. The molecule has 0 heteroatoms. The molecule has 0 heterocycles. The molecule has 0 amide bonds. The van der Waals surface area contributed by atoms with E-state index in [1.165, 1.54) is 100 Å². The number of hydrogen-bond acceptors (Lipinski definition) is 0. The van der Waals surface area contributed by atoms with Crippen molar-refractivity contribution in [3.63, 3.8) is 0 Å². The fourth-order valence-corrected chi connectivity index (χ4v) is 6.88. The van der Waals surface area contributed by atoms with Gasteiger partial charge in [0, 0.05) is 0 Å². The third-order valence-corrected chi connectivity index (χ3v) is 10.2. The molecule has 0 aliphatic heterocycles. The lowest BCUT2D eigenvalue weighted by Gasteiger charge is -2.26. The second-order valence-corrected chi connectivity index (χ2v) is 11.4. The molecule has 0 aliphatic carbocycles. The molecule has 3 rings (SSSR count). The highest BCUT2D eigenvalue weighted by Crippen LogP contribution is 2.36. The van der Waals surface area contributed by atoms with Crippen LogP contribution >= 0.6 is 0 Å². The molecular formula is C36H50. The van der Waals surface area contributed by atoms with E-state index in [0.29, 0.717) is 0 Å². The fourth-order valence-electron chi connectivity index (χ4n) is 6.88. The number of rotatable bonds is 6. The predicted octanol–water partition coefficient (Wildman–Crippen LogP) is 9.69. The minimum absolute atomic E-state index is 1.03. The molecular weight excluding hydrogens is 432 g/mol. The van der Waals surface area contributed by atoms with E-state index < -0.39 is 0 Å². The molecule has 0 nitrogen and oxygen atoms in total. The van der Waals surface area contributed by atoms with Crippen molar-refractivity contribution >= 4 is 0 Å². The van der Waals surface area contributed by atoms with Crippen molar-refractivity contribution < 1.29 is 0 Å². The van der Waals surface area contributed by atoms with Gasteiger partial charge < -0.3 is 0 Å². The van der Waals surface area contributed by atoms with Gasteiger partial charge in [0.2, 0.25) is 0 Å². The Kier molecular flexibility index (Phi) is 8.29. The van der Waals surface area contributed by atoms with Gasteiger partial charge in [0.1, 0.15) is 0 Å². The van der Waals surface area contributed by atoms with Gasteiger partial charge >= 0.3 is 0 Å². The maximum Gasteiger partial charge on any atom is -0.00149 e. The Morgan fingerprint density at radius 1 is 0.250 bits per heavy atom. The van der Waals surface area contributed by atoms with Crippen LogP contribution in [0.1, 0.15) is 114 Å². The van der Waals surface area contributed by atoms with Crippen molar-refractivity contribution in [1.82, 2.24) is 0 Å². The highest BCUT2D eigenvalue weighted by Gasteiger charge is 2.21. The topological polar surface area (TPSA) is 0 Å². The van der Waals surface area contributed by atoms with E-state index >= 15 is 0 Å². The molecule has 0 saturated carbocycles. The van der Waals surface area contributed by atoms with E-state index in [-0.39, 0.29) is 0 Å². The summed E-state index contributed by atoms with van der Waals surface area (Å²) in [6, 6.07) is 0. The van der Waals surface area contributed by atoms with Crippen LogP contribution in [-0.2, 0) is 25.7 Å². The quantitative estimate of drug-likeness (QED) is 0.328. The van der Waals surface area contributed by atoms with Gasteiger partial charge in [-0.15, -0.1) is 0 Å². The Balaban J connectivity index is 2.17. The maximum atomic E-state index is 2.36. The van der Waals surface area contributed by atoms with Crippen molar-refractivity contribution in [3.05, 3.63) is 100 Å². The summed E-state index contributed by atoms with van der Waals surface area (Å²) in [5, 5.41) is 0. The summed E-state index contributed by atoms with van der Waals surface area (Å²) in [5.74, 6) is 0. The summed E-state index contributed by atoms with van der Waals surface area (Å²) in [6.45, 7) is 32.7. The minimum atomic E-state index is 1.03. The summed E-state index contributed by atoms with van der Waals surface area (Å²) >= 11 is 0. The second-order valence-electron chi connectivity index (χ2n) is 11.4. The maximum absolute atomic E-state index is 2.36. The molecule has 0 fully saturated rings. The first-order valence-corrected chi connectivity index (χ1v) is 14.0. The first-order valence-electron chi connectivity index (χ1n) is 14.0. The third-order valence-electron chi connectivity index (χ3n) is 10.2. The van der Waals surface area contributed by atoms with E-state index in [1.807, 2.05) is 0 Å². The van der Waals surface area contributed by atoms with Gasteiger partial charge in [-0.2, -0.15) is 0 Å². The Morgan fingerprint density at radius 2 is 0.389 bits per heavy atom. The van der Waals surface area contributed by atoms with Crippen LogP contribution in [0.4, 0.5) is 0 Å². The summed E-state index contributed by atoms with van der Waals surface area (Å²) in [5.41, 5.74) is 27.0. The molecule has 0 aliphatic rings. The zero-order valence-corrected chi connectivity index (χ0v) is 25.8. The van der Waals surface area contributed by atoms with Crippen molar-refractivity contribution in [2.45, 2.75) is 123 Å². The van der Waals surface area contributed by atoms with Crippen molar-refractivity contribution in [2.24, 2.45) is 0 Å². The predicted molar refractivity (Wildman–Crippen MR) is 161 cm³/mol. The third kappa shape index (κ3) is 4.46. The molecule has 0 bridgehead atoms. The van der Waals surface area contributed by atoms with Crippen LogP contribution < -0.4 is 0 Å². The van der Waals surface area contributed by atoms with Crippen molar-refractivity contribution in [3.8, 4) is 0 Å². The molecule has 0 spiro atoms. The molecule has 0 unspecified atom stereocenters. The van der Waals surface area contributed by atoms with E-state index in [1.54, 1.807) is 0 Å². The summed E-state index contributed by atoms with van der Waals surface area (Å²) in [4.78, 5) is 0. The lowest BCUT2D eigenvalue weighted by Crippen LogP contribution is -2.11. The summed E-state index contributed by atoms with van der Waals surface area (Å²) in [7, 11) is 0. The molecule has 0 N–H and O–H groups in total. The Bertz CT molecular complexity index is 1150. The second kappa shape index (κ2) is 10.6. The molecule has 0 saturated heterocycles. The lowest BCUT2D eigenvalue weighted by molar-refractivity contribution is 0.971. The van der Waals surface area contributed by atoms with E-state index in [0.717, 1.165) is 25.7 Å². The van der Waals surface area contributed by atoms with Gasteiger partial charge in [0.15, 0.2) is 0 Å². The van der Waals surface area contributed by atoms with Crippen LogP contribution in [0, 0.1) is 83.1 Å². The average molecular weight is 483 g/mol. The smallest absolute Gasteiger partial charge is 0.00149 e. The standard InChI is InChI=1S/C36H50/c1-15-31-19(3)23(7)33(24(8)20(31)4)17-35-27(11)29(13)36(30(14)28(35)12)18-34-25(9)21(5)32(16-2)22(6)26(34)10/h15-18H2,1-14H3. The average Bonchev–Trinajstić information content (AvgIpc) is 2.85.